The molecule has 0 unspecified atom stereocenters. The maximum Gasteiger partial charge on any atom is 0.253 e. The number of carbonyl (C=O) groups is 1. The van der Waals surface area contributed by atoms with E-state index in [1.165, 1.54) is 5.56 Å². The summed E-state index contributed by atoms with van der Waals surface area (Å²) >= 11 is 0. The van der Waals surface area contributed by atoms with Gasteiger partial charge in [-0.3, -0.25) is 9.20 Å². The van der Waals surface area contributed by atoms with Crippen LogP contribution in [-0.4, -0.2) is 31.6 Å². The molecule has 3 aromatic heterocycles. The number of rotatable bonds is 5. The van der Waals surface area contributed by atoms with Crippen LogP contribution in [0.5, 0.6) is 0 Å². The van der Waals surface area contributed by atoms with Gasteiger partial charge in [-0.05, 0) is 50.6 Å². The minimum atomic E-state index is -0.0678. The largest absolute Gasteiger partial charge is 0.352 e. The predicted octanol–water partition coefficient (Wildman–Crippen LogP) is 3.42. The molecule has 0 atom stereocenters. The summed E-state index contributed by atoms with van der Waals surface area (Å²) in [6, 6.07) is 15.9. The van der Waals surface area contributed by atoms with Crippen LogP contribution in [0, 0.1) is 20.8 Å². The van der Waals surface area contributed by atoms with Crippen molar-refractivity contribution in [2.45, 2.75) is 27.2 Å². The Hall–Kier alpha value is -3.41. The van der Waals surface area contributed by atoms with Crippen LogP contribution in [0.15, 0.2) is 54.7 Å². The Kier molecular flexibility index (Phi) is 4.69. The molecule has 0 bridgehead atoms. The topological polar surface area (TPSA) is 64.2 Å². The number of amides is 1. The lowest BCUT2D eigenvalue weighted by molar-refractivity contribution is 0.0953. The second-order valence-electron chi connectivity index (χ2n) is 6.96. The van der Waals surface area contributed by atoms with Gasteiger partial charge < -0.3 is 9.88 Å². The molecule has 0 aliphatic heterocycles. The zero-order chi connectivity index (χ0) is 19.7. The average Bonchev–Trinajstić information content (AvgIpc) is 3.23. The van der Waals surface area contributed by atoms with Gasteiger partial charge in [0.1, 0.15) is 5.82 Å². The van der Waals surface area contributed by atoms with Gasteiger partial charge in [-0.1, -0.05) is 24.3 Å². The zero-order valence-electron chi connectivity index (χ0n) is 16.3. The molecule has 0 aliphatic rings. The lowest BCUT2D eigenvalue weighted by atomic mass is 10.2. The molecule has 6 nitrogen and oxygen atoms in total. The molecule has 1 amide bonds. The molecule has 0 aliphatic carbocycles. The summed E-state index contributed by atoms with van der Waals surface area (Å²) in [5, 5.41) is 11.4. The quantitative estimate of drug-likeness (QED) is 0.583. The molecule has 3 heterocycles. The van der Waals surface area contributed by atoms with Crippen molar-refractivity contribution in [2.75, 3.05) is 6.54 Å². The Morgan fingerprint density at radius 1 is 1.04 bits per heavy atom. The van der Waals surface area contributed by atoms with Crippen LogP contribution < -0.4 is 5.32 Å². The summed E-state index contributed by atoms with van der Waals surface area (Å²) in [4.78, 5) is 12.8. The first-order valence-corrected chi connectivity index (χ1v) is 9.38. The van der Waals surface area contributed by atoms with E-state index in [0.29, 0.717) is 18.5 Å². The number of para-hydroxylation sites is 1. The third-order valence-corrected chi connectivity index (χ3v) is 5.05. The minimum absolute atomic E-state index is 0.0678. The van der Waals surface area contributed by atoms with Gasteiger partial charge in [0.15, 0.2) is 5.65 Å². The first-order valence-electron chi connectivity index (χ1n) is 9.38. The van der Waals surface area contributed by atoms with E-state index in [1.807, 2.05) is 60.8 Å². The lowest BCUT2D eigenvalue weighted by Crippen LogP contribution is -2.26. The van der Waals surface area contributed by atoms with E-state index in [1.54, 1.807) is 0 Å². The van der Waals surface area contributed by atoms with Gasteiger partial charge in [0.25, 0.3) is 5.91 Å². The van der Waals surface area contributed by atoms with Crippen molar-refractivity contribution in [1.82, 2.24) is 24.5 Å². The molecule has 1 aromatic carbocycles. The van der Waals surface area contributed by atoms with Crippen molar-refractivity contribution in [3.8, 4) is 5.69 Å². The summed E-state index contributed by atoms with van der Waals surface area (Å²) in [6.07, 6.45) is 2.55. The molecule has 142 valence electrons. The summed E-state index contributed by atoms with van der Waals surface area (Å²) in [7, 11) is 0. The van der Waals surface area contributed by atoms with Gasteiger partial charge in [0.05, 0.1) is 5.56 Å². The molecule has 28 heavy (non-hydrogen) atoms. The minimum Gasteiger partial charge on any atom is -0.352 e. The molecule has 4 aromatic rings. The van der Waals surface area contributed by atoms with E-state index in [0.717, 1.165) is 28.5 Å². The maximum atomic E-state index is 12.8. The second-order valence-corrected chi connectivity index (χ2v) is 6.96. The van der Waals surface area contributed by atoms with Crippen molar-refractivity contribution in [2.24, 2.45) is 0 Å². The van der Waals surface area contributed by atoms with Gasteiger partial charge >= 0.3 is 0 Å². The molecule has 0 saturated carbocycles. The number of aryl methyl sites for hydroxylation is 2. The normalized spacial score (nSPS) is 11.1. The number of hydrogen-bond donors (Lipinski definition) is 1. The first kappa shape index (κ1) is 18.0. The summed E-state index contributed by atoms with van der Waals surface area (Å²) in [5.74, 6) is 0.767. The molecule has 6 heteroatoms. The molecular weight excluding hydrogens is 350 g/mol. The van der Waals surface area contributed by atoms with Crippen LogP contribution in [-0.2, 0) is 6.42 Å². The van der Waals surface area contributed by atoms with Crippen molar-refractivity contribution >= 4 is 11.6 Å². The van der Waals surface area contributed by atoms with Gasteiger partial charge in [-0.2, -0.15) is 0 Å². The number of nitrogens with zero attached hydrogens (tertiary/aromatic N) is 4. The summed E-state index contributed by atoms with van der Waals surface area (Å²) in [5.41, 5.74) is 5.77. The Morgan fingerprint density at radius 2 is 1.82 bits per heavy atom. The number of hydrogen-bond acceptors (Lipinski definition) is 3. The highest BCUT2D eigenvalue weighted by molar-refractivity contribution is 5.96. The molecule has 4 rings (SSSR count). The average molecular weight is 373 g/mol. The fourth-order valence-corrected chi connectivity index (χ4v) is 3.62. The highest BCUT2D eigenvalue weighted by Gasteiger charge is 2.17. The number of pyridine rings is 1. The van der Waals surface area contributed by atoms with Gasteiger partial charge in [0.2, 0.25) is 0 Å². The fourth-order valence-electron chi connectivity index (χ4n) is 3.62. The number of benzene rings is 1. The Balaban J connectivity index is 1.50. The molecule has 0 saturated heterocycles. The maximum absolute atomic E-state index is 12.8. The standard InChI is InChI=1S/C22H23N5O/c1-15-8-4-5-9-19(15)27-16(2)14-18(17(27)3)22(28)23-12-11-21-25-24-20-10-6-7-13-26(20)21/h4-10,13-14H,11-12H2,1-3H3,(H,23,28). The van der Waals surface area contributed by atoms with Crippen LogP contribution in [0.3, 0.4) is 0 Å². The Bertz CT molecular complexity index is 1150. The number of nitrogens with one attached hydrogen (secondary N) is 1. The SMILES string of the molecule is Cc1ccccc1-n1c(C)cc(C(=O)NCCc2nnc3ccccn23)c1C. The van der Waals surface area contributed by atoms with Crippen molar-refractivity contribution in [3.05, 3.63) is 83.1 Å². The highest BCUT2D eigenvalue weighted by atomic mass is 16.1. The molecule has 1 N–H and O–H groups in total. The molecular formula is C22H23N5O. The third kappa shape index (κ3) is 3.17. The zero-order valence-corrected chi connectivity index (χ0v) is 16.3. The van der Waals surface area contributed by atoms with Gasteiger partial charge in [0, 0.05) is 36.2 Å². The van der Waals surface area contributed by atoms with E-state index in [2.05, 4.69) is 39.1 Å². The third-order valence-electron chi connectivity index (χ3n) is 5.05. The van der Waals surface area contributed by atoms with E-state index < -0.39 is 0 Å². The number of carbonyl (C=O) groups excluding carboxylic acids is 1. The number of fused-ring (bicyclic) bond motifs is 1. The van der Waals surface area contributed by atoms with Crippen LogP contribution in [0.1, 0.15) is 33.1 Å². The van der Waals surface area contributed by atoms with Crippen LogP contribution in [0.25, 0.3) is 11.3 Å². The van der Waals surface area contributed by atoms with Gasteiger partial charge in [-0.15, -0.1) is 10.2 Å². The van der Waals surface area contributed by atoms with Crippen molar-refractivity contribution < 1.29 is 4.79 Å². The van der Waals surface area contributed by atoms with Crippen molar-refractivity contribution in [3.63, 3.8) is 0 Å². The smallest absolute Gasteiger partial charge is 0.253 e. The van der Waals surface area contributed by atoms with E-state index in [9.17, 15) is 4.79 Å². The molecule has 0 spiro atoms. The van der Waals surface area contributed by atoms with Crippen LogP contribution >= 0.6 is 0 Å². The molecule has 0 fully saturated rings. The summed E-state index contributed by atoms with van der Waals surface area (Å²) < 4.78 is 4.08. The lowest BCUT2D eigenvalue weighted by Gasteiger charge is -2.12. The number of aromatic nitrogens is 4. The highest BCUT2D eigenvalue weighted by Crippen LogP contribution is 2.23. The first-order chi connectivity index (χ1) is 13.6. The monoisotopic (exact) mass is 373 g/mol. The predicted molar refractivity (Wildman–Crippen MR) is 109 cm³/mol. The van der Waals surface area contributed by atoms with Crippen LogP contribution in [0.4, 0.5) is 0 Å². The Labute approximate surface area is 163 Å². The fraction of sp³-hybridized carbons (Fsp3) is 0.227. The van der Waals surface area contributed by atoms with Crippen LogP contribution in [0.2, 0.25) is 0 Å². The molecule has 0 radical (unpaired) electrons. The summed E-state index contributed by atoms with van der Waals surface area (Å²) in [6.45, 7) is 6.60. The van der Waals surface area contributed by atoms with E-state index in [-0.39, 0.29) is 5.91 Å². The second kappa shape index (κ2) is 7.31. The van der Waals surface area contributed by atoms with Crippen molar-refractivity contribution in [1.29, 1.82) is 0 Å². The van der Waals surface area contributed by atoms with E-state index >= 15 is 0 Å². The van der Waals surface area contributed by atoms with Gasteiger partial charge in [-0.25, -0.2) is 0 Å². The van der Waals surface area contributed by atoms with E-state index in [4.69, 9.17) is 0 Å². The Morgan fingerprint density at radius 3 is 2.64 bits per heavy atom.